The Morgan fingerprint density at radius 3 is 2.56 bits per heavy atom. The maximum atomic E-state index is 14.0. The molecule has 0 saturated carbocycles. The number of ether oxygens (including phenoxy) is 1. The van der Waals surface area contributed by atoms with Crippen LogP contribution < -0.4 is 15.0 Å². The van der Waals surface area contributed by atoms with E-state index in [1.54, 1.807) is 37.3 Å². The Kier molecular flexibility index (Phi) is 7.68. The maximum absolute atomic E-state index is 14.0. The molecule has 2 amide bonds. The van der Waals surface area contributed by atoms with Gasteiger partial charge in [0.1, 0.15) is 29.3 Å². The molecule has 0 spiro atoms. The van der Waals surface area contributed by atoms with Crippen molar-refractivity contribution in [3.05, 3.63) is 72.2 Å². The molecular formula is C27H31N5O4. The van der Waals surface area contributed by atoms with Gasteiger partial charge >= 0.3 is 0 Å². The van der Waals surface area contributed by atoms with Gasteiger partial charge < -0.3 is 14.5 Å². The van der Waals surface area contributed by atoms with Gasteiger partial charge in [0.25, 0.3) is 5.91 Å². The summed E-state index contributed by atoms with van der Waals surface area (Å²) in [5, 5.41) is 11.3. The Morgan fingerprint density at radius 2 is 1.83 bits per heavy atom. The number of methoxy groups -OCH3 is 1. The van der Waals surface area contributed by atoms with Crippen molar-refractivity contribution in [2.45, 2.75) is 39.8 Å². The SMILES string of the molecule is COc1ccccc1N(C(=O)Cn1nnc2ccccc21)C(C(=O)NCCC(C)C)c1ccc(C)o1. The Hall–Kier alpha value is -4.14. The molecule has 0 bridgehead atoms. The molecule has 4 aromatic rings. The summed E-state index contributed by atoms with van der Waals surface area (Å²) in [7, 11) is 1.53. The second-order valence-corrected chi connectivity index (χ2v) is 9.00. The summed E-state index contributed by atoms with van der Waals surface area (Å²) in [5.74, 6) is 1.16. The molecule has 1 N–H and O–H groups in total. The first-order valence-corrected chi connectivity index (χ1v) is 12.0. The van der Waals surface area contributed by atoms with Gasteiger partial charge in [-0.15, -0.1) is 5.10 Å². The van der Waals surface area contributed by atoms with Crippen LogP contribution >= 0.6 is 0 Å². The Labute approximate surface area is 210 Å². The topological polar surface area (TPSA) is 102 Å². The van der Waals surface area contributed by atoms with E-state index in [0.717, 1.165) is 11.9 Å². The number of aryl methyl sites for hydroxylation is 1. The summed E-state index contributed by atoms with van der Waals surface area (Å²) in [6.45, 7) is 6.33. The minimum Gasteiger partial charge on any atom is -0.495 e. The number of furan rings is 1. The standard InChI is InChI=1S/C27H31N5O4/c1-18(2)15-16-28-27(34)26(24-14-13-19(3)36-24)32(22-11-7-8-12-23(22)35-4)25(33)17-31-21-10-6-5-9-20(21)29-30-31/h5-14,18,26H,15-17H2,1-4H3,(H,28,34). The molecule has 0 aliphatic heterocycles. The van der Waals surface area contributed by atoms with Crippen molar-refractivity contribution in [1.29, 1.82) is 0 Å². The summed E-state index contributed by atoms with van der Waals surface area (Å²) >= 11 is 0. The van der Waals surface area contributed by atoms with Gasteiger partial charge in [0.05, 0.1) is 18.3 Å². The highest BCUT2D eigenvalue weighted by Gasteiger charge is 2.36. The van der Waals surface area contributed by atoms with Crippen molar-refractivity contribution >= 4 is 28.5 Å². The van der Waals surface area contributed by atoms with Gasteiger partial charge in [0, 0.05) is 6.54 Å². The van der Waals surface area contributed by atoms with E-state index >= 15 is 0 Å². The predicted octanol–water partition coefficient (Wildman–Crippen LogP) is 4.28. The van der Waals surface area contributed by atoms with Crippen LogP contribution in [-0.4, -0.2) is 40.5 Å². The minimum atomic E-state index is -1.05. The Bertz CT molecular complexity index is 1340. The lowest BCUT2D eigenvalue weighted by Gasteiger charge is -2.31. The number of hydrogen-bond acceptors (Lipinski definition) is 6. The third kappa shape index (κ3) is 5.40. The second kappa shape index (κ2) is 11.1. The number of carbonyl (C=O) groups is 2. The monoisotopic (exact) mass is 489 g/mol. The van der Waals surface area contributed by atoms with E-state index in [1.165, 1.54) is 16.7 Å². The summed E-state index contributed by atoms with van der Waals surface area (Å²) < 4.78 is 13.0. The number of hydrogen-bond donors (Lipinski definition) is 1. The van der Waals surface area contributed by atoms with Crippen molar-refractivity contribution in [2.24, 2.45) is 5.92 Å². The predicted molar refractivity (Wildman–Crippen MR) is 137 cm³/mol. The van der Waals surface area contributed by atoms with Crippen molar-refractivity contribution in [2.75, 3.05) is 18.6 Å². The first-order chi connectivity index (χ1) is 17.4. The number of nitrogens with one attached hydrogen (secondary N) is 1. The van der Waals surface area contributed by atoms with Crippen LogP contribution in [0.3, 0.4) is 0 Å². The maximum Gasteiger partial charge on any atom is 0.251 e. The van der Waals surface area contributed by atoms with E-state index < -0.39 is 6.04 Å². The van der Waals surface area contributed by atoms with Gasteiger partial charge in [-0.05, 0) is 55.7 Å². The molecule has 0 aliphatic rings. The van der Waals surface area contributed by atoms with E-state index in [2.05, 4.69) is 29.5 Å². The van der Waals surface area contributed by atoms with Crippen molar-refractivity contribution in [3.8, 4) is 5.75 Å². The highest BCUT2D eigenvalue weighted by atomic mass is 16.5. The fourth-order valence-corrected chi connectivity index (χ4v) is 4.04. The number of benzene rings is 2. The van der Waals surface area contributed by atoms with Crippen LogP contribution in [0.25, 0.3) is 11.0 Å². The van der Waals surface area contributed by atoms with Gasteiger partial charge in [0.15, 0.2) is 6.04 Å². The summed E-state index contributed by atoms with van der Waals surface area (Å²) in [6.07, 6.45) is 0.809. The number of nitrogens with zero attached hydrogens (tertiary/aromatic N) is 4. The highest BCUT2D eigenvalue weighted by Crippen LogP contribution is 2.35. The molecule has 2 aromatic heterocycles. The molecule has 9 nitrogen and oxygen atoms in total. The lowest BCUT2D eigenvalue weighted by atomic mass is 10.1. The summed E-state index contributed by atoms with van der Waals surface area (Å²) in [4.78, 5) is 29.0. The zero-order valence-electron chi connectivity index (χ0n) is 21.0. The van der Waals surface area contributed by atoms with Gasteiger partial charge in [-0.25, -0.2) is 4.68 Å². The van der Waals surface area contributed by atoms with Crippen molar-refractivity contribution < 1.29 is 18.7 Å². The molecular weight excluding hydrogens is 458 g/mol. The van der Waals surface area contributed by atoms with E-state index in [4.69, 9.17) is 9.15 Å². The van der Waals surface area contributed by atoms with Crippen LogP contribution in [0.15, 0.2) is 65.1 Å². The zero-order valence-corrected chi connectivity index (χ0v) is 21.0. The lowest BCUT2D eigenvalue weighted by molar-refractivity contribution is -0.127. The lowest BCUT2D eigenvalue weighted by Crippen LogP contribution is -2.45. The molecule has 9 heteroatoms. The third-order valence-electron chi connectivity index (χ3n) is 5.88. The molecule has 0 saturated heterocycles. The van der Waals surface area contributed by atoms with Gasteiger partial charge in [0.2, 0.25) is 5.91 Å². The number of rotatable bonds is 10. The largest absolute Gasteiger partial charge is 0.495 e. The third-order valence-corrected chi connectivity index (χ3v) is 5.88. The number of amides is 2. The molecule has 1 unspecified atom stereocenters. The number of fused-ring (bicyclic) bond motifs is 1. The quantitative estimate of drug-likeness (QED) is 0.357. The highest BCUT2D eigenvalue weighted by molar-refractivity contribution is 6.02. The molecule has 0 fully saturated rings. The van der Waals surface area contributed by atoms with Gasteiger partial charge in [-0.2, -0.15) is 0 Å². The van der Waals surface area contributed by atoms with E-state index in [9.17, 15) is 9.59 Å². The molecule has 2 heterocycles. The molecule has 4 rings (SSSR count). The fraction of sp³-hybridized carbons (Fsp3) is 0.333. The van der Waals surface area contributed by atoms with Crippen LogP contribution in [0.4, 0.5) is 5.69 Å². The molecule has 2 aromatic carbocycles. The van der Waals surface area contributed by atoms with Crippen molar-refractivity contribution in [3.63, 3.8) is 0 Å². The van der Waals surface area contributed by atoms with Crippen LogP contribution in [-0.2, 0) is 16.1 Å². The Balaban J connectivity index is 1.78. The van der Waals surface area contributed by atoms with Crippen molar-refractivity contribution in [1.82, 2.24) is 20.3 Å². The van der Waals surface area contributed by atoms with E-state index in [1.807, 2.05) is 30.3 Å². The van der Waals surface area contributed by atoms with Gasteiger partial charge in [-0.3, -0.25) is 14.5 Å². The minimum absolute atomic E-state index is 0.131. The number of carbonyl (C=O) groups excluding carboxylic acids is 2. The number of anilines is 1. The first-order valence-electron chi connectivity index (χ1n) is 12.0. The molecule has 36 heavy (non-hydrogen) atoms. The van der Waals surface area contributed by atoms with Gasteiger partial charge in [-0.1, -0.05) is 43.3 Å². The van der Waals surface area contributed by atoms with Crippen LogP contribution in [0, 0.1) is 12.8 Å². The van der Waals surface area contributed by atoms with Crippen LogP contribution in [0.1, 0.15) is 37.8 Å². The fourth-order valence-electron chi connectivity index (χ4n) is 4.04. The second-order valence-electron chi connectivity index (χ2n) is 9.00. The molecule has 188 valence electrons. The normalized spacial score (nSPS) is 12.0. The van der Waals surface area contributed by atoms with E-state index in [-0.39, 0.29) is 18.4 Å². The van der Waals surface area contributed by atoms with Crippen LogP contribution in [0.2, 0.25) is 0 Å². The first kappa shape index (κ1) is 25.0. The molecule has 0 aliphatic carbocycles. The zero-order chi connectivity index (χ0) is 25.7. The number of aromatic nitrogens is 3. The average Bonchev–Trinajstić information content (AvgIpc) is 3.48. The Morgan fingerprint density at radius 1 is 1.08 bits per heavy atom. The smallest absolute Gasteiger partial charge is 0.251 e. The van der Waals surface area contributed by atoms with Crippen LogP contribution in [0.5, 0.6) is 5.75 Å². The number of para-hydroxylation sites is 3. The molecule has 0 radical (unpaired) electrons. The molecule has 1 atom stereocenters. The average molecular weight is 490 g/mol. The summed E-state index contributed by atoms with van der Waals surface area (Å²) in [6, 6.07) is 17.0. The summed E-state index contributed by atoms with van der Waals surface area (Å²) in [5.41, 5.74) is 1.85. The van der Waals surface area contributed by atoms with E-state index in [0.29, 0.717) is 40.9 Å².